The largest absolute Gasteiger partial charge is 0.352 e. The summed E-state index contributed by atoms with van der Waals surface area (Å²) in [6, 6.07) is 11.6. The minimum atomic E-state index is -0.126. The van der Waals surface area contributed by atoms with Crippen LogP contribution in [0.1, 0.15) is 5.56 Å². The molecular formula is C15H13N5O. The molecular weight excluding hydrogens is 266 g/mol. The van der Waals surface area contributed by atoms with Crippen molar-refractivity contribution in [2.45, 2.75) is 6.54 Å². The molecule has 0 bridgehead atoms. The molecule has 0 fully saturated rings. The van der Waals surface area contributed by atoms with Gasteiger partial charge in [-0.1, -0.05) is 12.1 Å². The van der Waals surface area contributed by atoms with E-state index in [0.717, 1.165) is 16.6 Å². The van der Waals surface area contributed by atoms with Gasteiger partial charge in [-0.2, -0.15) is 0 Å². The van der Waals surface area contributed by atoms with Gasteiger partial charge in [-0.25, -0.2) is 13.9 Å². The van der Waals surface area contributed by atoms with Crippen molar-refractivity contribution >= 4 is 16.8 Å². The summed E-state index contributed by atoms with van der Waals surface area (Å²) < 4.78 is 5.06. The fourth-order valence-corrected chi connectivity index (χ4v) is 2.63. The molecule has 0 aliphatic rings. The predicted octanol–water partition coefficient (Wildman–Crippen LogP) is 1.43. The van der Waals surface area contributed by atoms with E-state index in [2.05, 4.69) is 10.1 Å². The number of aromatic nitrogens is 5. The third kappa shape index (κ3) is 1.69. The van der Waals surface area contributed by atoms with Crippen molar-refractivity contribution in [1.29, 1.82) is 0 Å². The van der Waals surface area contributed by atoms with Crippen molar-refractivity contribution in [3.63, 3.8) is 0 Å². The third-order valence-corrected chi connectivity index (χ3v) is 3.69. The molecule has 3 aromatic heterocycles. The third-order valence-electron chi connectivity index (χ3n) is 3.69. The van der Waals surface area contributed by atoms with E-state index in [4.69, 9.17) is 0 Å². The molecule has 0 spiro atoms. The Morgan fingerprint density at radius 2 is 1.76 bits per heavy atom. The molecule has 0 N–H and O–H groups in total. The van der Waals surface area contributed by atoms with Gasteiger partial charge in [0.2, 0.25) is 5.78 Å². The van der Waals surface area contributed by atoms with Gasteiger partial charge >= 0.3 is 5.69 Å². The van der Waals surface area contributed by atoms with Crippen molar-refractivity contribution in [3.05, 3.63) is 64.8 Å². The van der Waals surface area contributed by atoms with Gasteiger partial charge in [0.05, 0.1) is 17.6 Å². The molecule has 3 heterocycles. The van der Waals surface area contributed by atoms with Crippen LogP contribution in [0.5, 0.6) is 0 Å². The second-order valence-corrected chi connectivity index (χ2v) is 4.98. The maximum atomic E-state index is 12.6. The van der Waals surface area contributed by atoms with Crippen LogP contribution in [0, 0.1) is 0 Å². The highest BCUT2D eigenvalue weighted by atomic mass is 16.2. The molecule has 6 nitrogen and oxygen atoms in total. The van der Waals surface area contributed by atoms with Crippen molar-refractivity contribution in [2.24, 2.45) is 7.05 Å². The number of para-hydroxylation sites is 2. The van der Waals surface area contributed by atoms with Crippen molar-refractivity contribution < 1.29 is 0 Å². The lowest BCUT2D eigenvalue weighted by molar-refractivity contribution is 0.656. The lowest BCUT2D eigenvalue weighted by Crippen LogP contribution is -2.21. The minimum Gasteiger partial charge on any atom is -0.311 e. The molecule has 4 rings (SSSR count). The quantitative estimate of drug-likeness (QED) is 0.558. The van der Waals surface area contributed by atoms with Gasteiger partial charge in [0.25, 0.3) is 0 Å². The van der Waals surface area contributed by atoms with Crippen LogP contribution in [0.25, 0.3) is 16.8 Å². The van der Waals surface area contributed by atoms with E-state index in [1.54, 1.807) is 16.8 Å². The zero-order valence-electron chi connectivity index (χ0n) is 11.5. The van der Waals surface area contributed by atoms with E-state index in [1.165, 1.54) is 4.68 Å². The summed E-state index contributed by atoms with van der Waals surface area (Å²) >= 11 is 0. The van der Waals surface area contributed by atoms with Gasteiger partial charge in [0, 0.05) is 19.4 Å². The number of hydrogen-bond donors (Lipinski definition) is 0. The van der Waals surface area contributed by atoms with Crippen LogP contribution in [-0.2, 0) is 13.6 Å². The van der Waals surface area contributed by atoms with Gasteiger partial charge in [0.1, 0.15) is 0 Å². The minimum absolute atomic E-state index is 0.126. The Bertz CT molecular complexity index is 993. The molecule has 1 aromatic carbocycles. The highest BCUT2D eigenvalue weighted by Crippen LogP contribution is 2.16. The second kappa shape index (κ2) is 4.31. The van der Waals surface area contributed by atoms with Gasteiger partial charge in [-0.15, -0.1) is 5.10 Å². The van der Waals surface area contributed by atoms with Crippen LogP contribution in [0.3, 0.4) is 0 Å². The number of rotatable bonds is 2. The molecule has 104 valence electrons. The summed E-state index contributed by atoms with van der Waals surface area (Å²) in [7, 11) is 1.92. The normalized spacial score (nSPS) is 11.5. The van der Waals surface area contributed by atoms with E-state index < -0.39 is 0 Å². The summed E-state index contributed by atoms with van der Waals surface area (Å²) in [4.78, 5) is 16.6. The van der Waals surface area contributed by atoms with Crippen LogP contribution in [0.15, 0.2) is 53.6 Å². The number of nitrogens with zero attached hydrogens (tertiary/aromatic N) is 5. The SMILES string of the molecule is Cn1c2ccccc2n2c(=O)n(Cc3ccncc3)nc12. The topological polar surface area (TPSA) is 57.1 Å². The molecule has 0 unspecified atom stereocenters. The molecule has 6 heteroatoms. The molecule has 0 aliphatic carbocycles. The Morgan fingerprint density at radius 1 is 1.05 bits per heavy atom. The monoisotopic (exact) mass is 279 g/mol. The van der Waals surface area contributed by atoms with Crippen LogP contribution in [0.4, 0.5) is 0 Å². The van der Waals surface area contributed by atoms with E-state index in [0.29, 0.717) is 12.3 Å². The van der Waals surface area contributed by atoms with Crippen molar-refractivity contribution in [3.8, 4) is 0 Å². The number of pyridine rings is 1. The van der Waals surface area contributed by atoms with E-state index >= 15 is 0 Å². The summed E-state index contributed by atoms with van der Waals surface area (Å²) in [5.41, 5.74) is 2.74. The van der Waals surface area contributed by atoms with Crippen LogP contribution in [-0.4, -0.2) is 23.7 Å². The number of benzene rings is 1. The first-order valence-electron chi connectivity index (χ1n) is 6.67. The first-order chi connectivity index (χ1) is 10.3. The second-order valence-electron chi connectivity index (χ2n) is 4.98. The maximum Gasteiger partial charge on any atom is 0.352 e. The molecule has 4 aromatic rings. The molecule has 0 saturated carbocycles. The van der Waals surface area contributed by atoms with Crippen LogP contribution < -0.4 is 5.69 Å². The number of aryl methyl sites for hydroxylation is 1. The lowest BCUT2D eigenvalue weighted by atomic mass is 10.3. The Morgan fingerprint density at radius 3 is 2.52 bits per heavy atom. The number of fused-ring (bicyclic) bond motifs is 3. The Kier molecular flexibility index (Phi) is 2.44. The first-order valence-corrected chi connectivity index (χ1v) is 6.67. The Balaban J connectivity index is 1.95. The standard InChI is InChI=1S/C15H13N5O/c1-18-12-4-2-3-5-13(12)20-14(18)17-19(15(20)21)10-11-6-8-16-9-7-11/h2-9H,10H2,1H3. The predicted molar refractivity (Wildman–Crippen MR) is 79.3 cm³/mol. The van der Waals surface area contributed by atoms with E-state index in [-0.39, 0.29) is 5.69 Å². The molecule has 0 atom stereocenters. The molecule has 0 saturated heterocycles. The maximum absolute atomic E-state index is 12.6. The lowest BCUT2D eigenvalue weighted by Gasteiger charge is -1.99. The van der Waals surface area contributed by atoms with Crippen molar-refractivity contribution in [2.75, 3.05) is 0 Å². The molecule has 0 aliphatic heterocycles. The molecule has 21 heavy (non-hydrogen) atoms. The van der Waals surface area contributed by atoms with Gasteiger partial charge in [-0.3, -0.25) is 4.98 Å². The average molecular weight is 279 g/mol. The van der Waals surface area contributed by atoms with Gasteiger partial charge < -0.3 is 4.57 Å². The van der Waals surface area contributed by atoms with Crippen LogP contribution >= 0.6 is 0 Å². The zero-order valence-corrected chi connectivity index (χ0v) is 11.5. The van der Waals surface area contributed by atoms with Crippen LogP contribution in [0.2, 0.25) is 0 Å². The first kappa shape index (κ1) is 11.9. The van der Waals surface area contributed by atoms with E-state index in [1.807, 2.05) is 48.0 Å². The Hall–Kier alpha value is -2.89. The number of hydrogen-bond acceptors (Lipinski definition) is 3. The molecule has 0 amide bonds. The number of imidazole rings is 1. The van der Waals surface area contributed by atoms with Gasteiger partial charge in [0.15, 0.2) is 0 Å². The summed E-state index contributed by atoms with van der Waals surface area (Å²) in [6.07, 6.45) is 3.43. The van der Waals surface area contributed by atoms with Crippen molar-refractivity contribution in [1.82, 2.24) is 23.7 Å². The van der Waals surface area contributed by atoms with Gasteiger partial charge in [-0.05, 0) is 29.8 Å². The smallest absolute Gasteiger partial charge is 0.311 e. The fraction of sp³-hybridized carbons (Fsp3) is 0.133. The van der Waals surface area contributed by atoms with E-state index in [9.17, 15) is 4.79 Å². The summed E-state index contributed by atoms with van der Waals surface area (Å²) in [5, 5.41) is 4.45. The summed E-state index contributed by atoms with van der Waals surface area (Å²) in [5.74, 6) is 0.648. The highest BCUT2D eigenvalue weighted by Gasteiger charge is 2.15. The highest BCUT2D eigenvalue weighted by molar-refractivity contribution is 5.80. The summed E-state index contributed by atoms with van der Waals surface area (Å²) in [6.45, 7) is 0.442. The average Bonchev–Trinajstić information content (AvgIpc) is 2.98. The molecule has 0 radical (unpaired) electrons. The Labute approximate surface area is 119 Å². The zero-order chi connectivity index (χ0) is 14.4. The fourth-order valence-electron chi connectivity index (χ4n) is 2.63.